The molecule has 0 radical (unpaired) electrons. The number of pyridine rings is 1. The summed E-state index contributed by atoms with van der Waals surface area (Å²) in [5.41, 5.74) is 1.68. The number of nitrogens with zero attached hydrogens (tertiary/aromatic N) is 4. The second-order valence-corrected chi connectivity index (χ2v) is 9.66. The van der Waals surface area contributed by atoms with Crippen LogP contribution in [0.3, 0.4) is 0 Å². The summed E-state index contributed by atoms with van der Waals surface area (Å²) < 4.78 is 63.3. The number of nitriles is 1. The topological polar surface area (TPSA) is 194 Å². The molecular formula is C20H18N6O6S2. The fourth-order valence-corrected chi connectivity index (χ4v) is 3.88. The summed E-state index contributed by atoms with van der Waals surface area (Å²) >= 11 is 0. The fraction of sp³-hybridized carbons (Fsp3) is 0.100. The molecule has 0 atom stereocenters. The van der Waals surface area contributed by atoms with Crippen LogP contribution in [0, 0.1) is 18.3 Å². The van der Waals surface area contributed by atoms with Crippen LogP contribution in [0.5, 0.6) is 0 Å². The molecule has 1 aromatic heterocycles. The van der Waals surface area contributed by atoms with Gasteiger partial charge in [-0.15, -0.1) is 0 Å². The highest BCUT2D eigenvalue weighted by atomic mass is 32.2. The molecule has 4 N–H and O–H groups in total. The van der Waals surface area contributed by atoms with E-state index in [9.17, 15) is 22.1 Å². The van der Waals surface area contributed by atoms with Crippen molar-refractivity contribution < 1.29 is 25.9 Å². The molecule has 0 saturated heterocycles. The molecule has 0 amide bonds. The Morgan fingerprint density at radius 2 is 1.29 bits per heavy atom. The van der Waals surface area contributed by atoms with Crippen molar-refractivity contribution in [1.29, 1.82) is 5.26 Å². The smallest absolute Gasteiger partial charge is 0.294 e. The average Bonchev–Trinajstić information content (AvgIpc) is 2.76. The molecule has 0 fully saturated rings. The first-order chi connectivity index (χ1) is 15.9. The molecule has 3 rings (SSSR count). The Bertz CT molecular complexity index is 1510. The van der Waals surface area contributed by atoms with Gasteiger partial charge in [0.1, 0.15) is 11.8 Å². The number of hydrogen-bond acceptors (Lipinski definition) is 10. The predicted octanol–water partition coefficient (Wildman–Crippen LogP) is 3.96. The summed E-state index contributed by atoms with van der Waals surface area (Å²) in [7, 11) is -7.27. The van der Waals surface area contributed by atoms with Gasteiger partial charge in [-0.05, 0) is 55.5 Å². The number of aromatic nitrogens is 1. The highest BCUT2D eigenvalue weighted by molar-refractivity contribution is 7.86. The van der Waals surface area contributed by atoms with Gasteiger partial charge in [0.25, 0.3) is 20.2 Å². The molecule has 0 aliphatic rings. The maximum absolute atomic E-state index is 11.3. The second kappa shape index (κ2) is 9.53. The third-order valence-electron chi connectivity index (χ3n) is 4.56. The third-order valence-corrected chi connectivity index (χ3v) is 6.29. The quantitative estimate of drug-likeness (QED) is 0.271. The maximum Gasteiger partial charge on any atom is 0.294 e. The first kappa shape index (κ1) is 24.7. The highest BCUT2D eigenvalue weighted by Gasteiger charge is 2.19. The minimum atomic E-state index is -4.36. The van der Waals surface area contributed by atoms with Gasteiger partial charge in [0.15, 0.2) is 11.6 Å². The van der Waals surface area contributed by atoms with E-state index in [0.717, 1.165) is 0 Å². The van der Waals surface area contributed by atoms with E-state index >= 15 is 0 Å². The van der Waals surface area contributed by atoms with Crippen LogP contribution in [-0.4, -0.2) is 38.0 Å². The van der Waals surface area contributed by atoms with Crippen molar-refractivity contribution in [2.75, 3.05) is 17.7 Å². The van der Waals surface area contributed by atoms with Crippen LogP contribution in [0.1, 0.15) is 11.1 Å². The molecule has 34 heavy (non-hydrogen) atoms. The monoisotopic (exact) mass is 502 g/mol. The molecule has 0 aliphatic heterocycles. The maximum atomic E-state index is 11.3. The highest BCUT2D eigenvalue weighted by Crippen LogP contribution is 2.36. The molecule has 0 spiro atoms. The van der Waals surface area contributed by atoms with E-state index in [1.165, 1.54) is 55.6 Å². The Labute approximate surface area is 195 Å². The van der Waals surface area contributed by atoms with Crippen LogP contribution in [0.2, 0.25) is 0 Å². The van der Waals surface area contributed by atoms with E-state index in [4.69, 9.17) is 9.11 Å². The van der Waals surface area contributed by atoms with Crippen LogP contribution in [-0.2, 0) is 20.2 Å². The summed E-state index contributed by atoms with van der Waals surface area (Å²) in [6, 6.07) is 12.4. The molecule has 0 saturated carbocycles. The first-order valence-corrected chi connectivity index (χ1v) is 12.3. The van der Waals surface area contributed by atoms with Crippen LogP contribution >= 0.6 is 0 Å². The Balaban J connectivity index is 2.05. The van der Waals surface area contributed by atoms with Crippen molar-refractivity contribution in [3.63, 3.8) is 0 Å². The summed E-state index contributed by atoms with van der Waals surface area (Å²) in [5, 5.41) is 23.4. The molecular weight excluding hydrogens is 484 g/mol. The van der Waals surface area contributed by atoms with Gasteiger partial charge < -0.3 is 10.6 Å². The normalized spacial score (nSPS) is 11.9. The molecule has 176 valence electrons. The van der Waals surface area contributed by atoms with E-state index in [1.807, 2.05) is 6.07 Å². The van der Waals surface area contributed by atoms with E-state index in [2.05, 4.69) is 25.8 Å². The average molecular weight is 503 g/mol. The van der Waals surface area contributed by atoms with Gasteiger partial charge >= 0.3 is 0 Å². The standard InChI is InChI=1S/C20H18N6O6S2/c1-12-17(11-21)19(23-13-3-7-15(8-4-13)33(27,28)29)25-20(18(12)26-22-2)24-14-5-9-16(10-6-14)34(30,31)32/h3-10H,1-2H3,(H2,23,24,25)(H,27,28,29)(H,30,31,32). The van der Waals surface area contributed by atoms with Gasteiger partial charge in [-0.1, -0.05) is 0 Å². The summed E-state index contributed by atoms with van der Waals surface area (Å²) in [4.78, 5) is 3.84. The predicted molar refractivity (Wildman–Crippen MR) is 123 cm³/mol. The lowest BCUT2D eigenvalue weighted by Crippen LogP contribution is -2.05. The summed E-state index contributed by atoms with van der Waals surface area (Å²) in [6.45, 7) is 1.64. The van der Waals surface area contributed by atoms with E-state index in [0.29, 0.717) is 16.9 Å². The first-order valence-electron chi connectivity index (χ1n) is 9.37. The van der Waals surface area contributed by atoms with Gasteiger partial charge in [-0.2, -0.15) is 32.3 Å². The number of azo groups is 1. The van der Waals surface area contributed by atoms with Gasteiger partial charge in [-0.3, -0.25) is 9.11 Å². The summed E-state index contributed by atoms with van der Waals surface area (Å²) in [6.07, 6.45) is 0. The zero-order chi connectivity index (χ0) is 25.1. The Morgan fingerprint density at radius 1 is 0.853 bits per heavy atom. The van der Waals surface area contributed by atoms with Crippen molar-refractivity contribution >= 4 is 48.9 Å². The molecule has 1 heterocycles. The van der Waals surface area contributed by atoms with Crippen LogP contribution in [0.15, 0.2) is 68.6 Å². The number of hydrogen-bond donors (Lipinski definition) is 4. The van der Waals surface area contributed by atoms with E-state index in [-0.39, 0.29) is 32.7 Å². The fourth-order valence-electron chi connectivity index (χ4n) is 2.92. The number of anilines is 4. The number of benzene rings is 2. The van der Waals surface area contributed by atoms with Crippen LogP contribution < -0.4 is 10.6 Å². The summed E-state index contributed by atoms with van der Waals surface area (Å²) in [5.74, 6) is 0.325. The van der Waals surface area contributed by atoms with Crippen molar-refractivity contribution in [2.45, 2.75) is 16.7 Å². The molecule has 14 heteroatoms. The number of rotatable bonds is 7. The molecule has 12 nitrogen and oxygen atoms in total. The van der Waals surface area contributed by atoms with Crippen molar-refractivity contribution in [3.8, 4) is 6.07 Å². The zero-order valence-corrected chi connectivity index (χ0v) is 19.4. The van der Waals surface area contributed by atoms with Crippen LogP contribution in [0.4, 0.5) is 28.7 Å². The Hall–Kier alpha value is -3.90. The Kier molecular flexibility index (Phi) is 6.93. The minimum absolute atomic E-state index is 0.131. The molecule has 0 aliphatic carbocycles. The van der Waals surface area contributed by atoms with Crippen LogP contribution in [0.25, 0.3) is 0 Å². The molecule has 2 aromatic carbocycles. The van der Waals surface area contributed by atoms with Crippen molar-refractivity contribution in [1.82, 2.24) is 4.98 Å². The molecule has 0 bridgehead atoms. The second-order valence-electron chi connectivity index (χ2n) is 6.82. The van der Waals surface area contributed by atoms with E-state index in [1.54, 1.807) is 6.92 Å². The van der Waals surface area contributed by atoms with Crippen molar-refractivity contribution in [2.24, 2.45) is 10.2 Å². The zero-order valence-electron chi connectivity index (χ0n) is 17.8. The minimum Gasteiger partial charge on any atom is -0.339 e. The lowest BCUT2D eigenvalue weighted by Gasteiger charge is -2.16. The third kappa shape index (κ3) is 5.53. The van der Waals surface area contributed by atoms with Crippen molar-refractivity contribution in [3.05, 3.63) is 59.7 Å². The van der Waals surface area contributed by atoms with E-state index < -0.39 is 20.2 Å². The number of nitrogens with one attached hydrogen (secondary N) is 2. The SMILES string of the molecule is CN=Nc1c(Nc2ccc(S(=O)(=O)O)cc2)nc(Nc2ccc(S(=O)(=O)O)cc2)c(C#N)c1C. The van der Waals surface area contributed by atoms with Gasteiger partial charge in [0, 0.05) is 24.0 Å². The molecule has 3 aromatic rings. The molecule has 0 unspecified atom stereocenters. The van der Waals surface area contributed by atoms with Gasteiger partial charge in [-0.25, -0.2) is 4.98 Å². The Morgan fingerprint density at radius 3 is 1.68 bits per heavy atom. The largest absolute Gasteiger partial charge is 0.339 e. The lowest BCUT2D eigenvalue weighted by molar-refractivity contribution is 0.481. The lowest BCUT2D eigenvalue weighted by atomic mass is 10.1. The van der Waals surface area contributed by atoms with Gasteiger partial charge in [0.2, 0.25) is 0 Å². The van der Waals surface area contributed by atoms with Gasteiger partial charge in [0.05, 0.1) is 15.4 Å².